The molecule has 30 heavy (non-hydrogen) atoms. The van der Waals surface area contributed by atoms with Gasteiger partial charge in [-0.1, -0.05) is 46.9 Å². The molecule has 0 unspecified atom stereocenters. The molecule has 0 spiro atoms. The van der Waals surface area contributed by atoms with Crippen LogP contribution in [-0.2, 0) is 0 Å². The fraction of sp³-hybridized carbons (Fsp3) is 0. The number of nitrogens with one attached hydrogen (secondary N) is 1. The number of hydrogen-bond donors (Lipinski definition) is 1. The Morgan fingerprint density at radius 1 is 0.933 bits per heavy atom. The molecule has 3 aromatic carbocycles. The normalized spacial score (nSPS) is 10.8. The number of rotatable bonds is 4. The Morgan fingerprint density at radius 3 is 2.37 bits per heavy atom. The van der Waals surface area contributed by atoms with Gasteiger partial charge in [0.2, 0.25) is 5.82 Å². The van der Waals surface area contributed by atoms with E-state index in [4.69, 9.17) is 34.8 Å². The smallest absolute Gasteiger partial charge is 0.295 e. The molecule has 0 fully saturated rings. The van der Waals surface area contributed by atoms with E-state index in [1.54, 1.807) is 36.4 Å². The molecule has 5 nitrogen and oxygen atoms in total. The van der Waals surface area contributed by atoms with Gasteiger partial charge in [-0.15, -0.1) is 5.10 Å². The van der Waals surface area contributed by atoms with Crippen LogP contribution in [0.1, 0.15) is 10.6 Å². The van der Waals surface area contributed by atoms with E-state index in [1.165, 1.54) is 35.0 Å². The second kappa shape index (κ2) is 8.44. The van der Waals surface area contributed by atoms with Crippen molar-refractivity contribution in [3.63, 3.8) is 0 Å². The highest BCUT2D eigenvalue weighted by molar-refractivity contribution is 6.36. The van der Waals surface area contributed by atoms with Crippen LogP contribution in [0.5, 0.6) is 0 Å². The zero-order valence-corrected chi connectivity index (χ0v) is 17.4. The number of carbonyl (C=O) groups is 1. The first-order valence-electron chi connectivity index (χ1n) is 8.66. The predicted octanol–water partition coefficient (Wildman–Crippen LogP) is 6.29. The molecule has 0 aliphatic carbocycles. The summed E-state index contributed by atoms with van der Waals surface area (Å²) in [6, 6.07) is 17.3. The summed E-state index contributed by atoms with van der Waals surface area (Å²) in [5, 5.41) is 8.21. The fourth-order valence-electron chi connectivity index (χ4n) is 2.75. The van der Waals surface area contributed by atoms with Crippen molar-refractivity contribution in [2.24, 2.45) is 0 Å². The maximum atomic E-state index is 13.4. The van der Waals surface area contributed by atoms with Crippen LogP contribution >= 0.6 is 34.8 Å². The predicted molar refractivity (Wildman–Crippen MR) is 116 cm³/mol. The van der Waals surface area contributed by atoms with Gasteiger partial charge in [-0.05, 0) is 54.6 Å². The average molecular weight is 462 g/mol. The van der Waals surface area contributed by atoms with Gasteiger partial charge in [-0.25, -0.2) is 14.1 Å². The van der Waals surface area contributed by atoms with E-state index in [0.29, 0.717) is 32.8 Å². The van der Waals surface area contributed by atoms with Gasteiger partial charge in [0, 0.05) is 15.6 Å². The number of anilines is 1. The third-order valence-electron chi connectivity index (χ3n) is 4.14. The molecule has 4 rings (SSSR count). The first kappa shape index (κ1) is 20.3. The molecule has 1 amide bonds. The number of aromatic nitrogens is 3. The topological polar surface area (TPSA) is 59.8 Å². The first-order chi connectivity index (χ1) is 14.4. The van der Waals surface area contributed by atoms with Crippen LogP contribution in [0.25, 0.3) is 17.1 Å². The Kier molecular flexibility index (Phi) is 5.72. The standard InChI is InChI=1S/C21H12Cl3FN4O/c22-13-3-1-2-12(10-13)20-27-19(28-29(20)16-7-5-15(25)6-8-16)21(30)26-18-9-4-14(23)11-17(18)24/h1-11H,(H,26,30). The summed E-state index contributed by atoms with van der Waals surface area (Å²) in [6.45, 7) is 0. The molecule has 1 heterocycles. The molecule has 0 aliphatic heterocycles. The lowest BCUT2D eigenvalue weighted by Gasteiger charge is -2.06. The summed E-state index contributed by atoms with van der Waals surface area (Å²) >= 11 is 18.1. The Hall–Kier alpha value is -2.93. The summed E-state index contributed by atoms with van der Waals surface area (Å²) in [5.74, 6) is -0.682. The Bertz CT molecular complexity index is 1240. The summed E-state index contributed by atoms with van der Waals surface area (Å²) in [5.41, 5.74) is 1.54. The third-order valence-corrected chi connectivity index (χ3v) is 4.93. The molecule has 9 heteroatoms. The van der Waals surface area contributed by atoms with Gasteiger partial charge >= 0.3 is 0 Å². The van der Waals surface area contributed by atoms with Crippen molar-refractivity contribution >= 4 is 46.4 Å². The Balaban J connectivity index is 1.76. The fourth-order valence-corrected chi connectivity index (χ4v) is 3.40. The highest BCUT2D eigenvalue weighted by Gasteiger charge is 2.20. The second-order valence-electron chi connectivity index (χ2n) is 6.24. The zero-order chi connectivity index (χ0) is 21.3. The lowest BCUT2D eigenvalue weighted by Crippen LogP contribution is -2.14. The van der Waals surface area contributed by atoms with E-state index in [0.717, 1.165) is 0 Å². The summed E-state index contributed by atoms with van der Waals surface area (Å²) < 4.78 is 14.8. The molecule has 150 valence electrons. The van der Waals surface area contributed by atoms with E-state index >= 15 is 0 Å². The van der Waals surface area contributed by atoms with Gasteiger partial charge in [0.15, 0.2) is 5.82 Å². The molecule has 0 saturated carbocycles. The van der Waals surface area contributed by atoms with Crippen LogP contribution in [-0.4, -0.2) is 20.7 Å². The number of hydrogen-bond acceptors (Lipinski definition) is 3. The quantitative estimate of drug-likeness (QED) is 0.389. The number of nitrogens with zero attached hydrogens (tertiary/aromatic N) is 3. The Morgan fingerprint density at radius 2 is 1.67 bits per heavy atom. The van der Waals surface area contributed by atoms with Crippen LogP contribution < -0.4 is 5.32 Å². The maximum Gasteiger partial charge on any atom is 0.295 e. The monoisotopic (exact) mass is 460 g/mol. The highest BCUT2D eigenvalue weighted by Crippen LogP contribution is 2.27. The maximum absolute atomic E-state index is 13.4. The minimum atomic E-state index is -0.566. The molecule has 1 aromatic heterocycles. The molecule has 0 bridgehead atoms. The molecule has 0 aliphatic rings. The lowest BCUT2D eigenvalue weighted by molar-refractivity contribution is 0.101. The van der Waals surface area contributed by atoms with Gasteiger partial charge in [-0.3, -0.25) is 4.79 Å². The van der Waals surface area contributed by atoms with Crippen LogP contribution in [0.15, 0.2) is 66.7 Å². The molecule has 0 saturated heterocycles. The van der Waals surface area contributed by atoms with E-state index in [1.807, 2.05) is 0 Å². The van der Waals surface area contributed by atoms with Crippen LogP contribution in [0.2, 0.25) is 15.1 Å². The van der Waals surface area contributed by atoms with Crippen LogP contribution in [0.4, 0.5) is 10.1 Å². The van der Waals surface area contributed by atoms with E-state index in [2.05, 4.69) is 15.4 Å². The minimum Gasteiger partial charge on any atom is -0.318 e. The second-order valence-corrected chi connectivity index (χ2v) is 7.52. The first-order valence-corrected chi connectivity index (χ1v) is 9.79. The van der Waals surface area contributed by atoms with Gasteiger partial charge in [-0.2, -0.15) is 0 Å². The van der Waals surface area contributed by atoms with Crippen molar-refractivity contribution in [3.8, 4) is 17.1 Å². The summed E-state index contributed by atoms with van der Waals surface area (Å²) in [6.07, 6.45) is 0. The Labute approximate surface area is 186 Å². The molecular formula is C21H12Cl3FN4O. The molecular weight excluding hydrogens is 450 g/mol. The molecule has 4 aromatic rings. The molecule has 1 N–H and O–H groups in total. The summed E-state index contributed by atoms with van der Waals surface area (Å²) in [4.78, 5) is 17.2. The van der Waals surface area contributed by atoms with Gasteiger partial charge < -0.3 is 5.32 Å². The van der Waals surface area contributed by atoms with Crippen molar-refractivity contribution < 1.29 is 9.18 Å². The number of amides is 1. The number of halogens is 4. The largest absolute Gasteiger partial charge is 0.318 e. The number of carbonyl (C=O) groups excluding carboxylic acids is 1. The number of benzene rings is 3. The zero-order valence-electron chi connectivity index (χ0n) is 15.1. The van der Waals surface area contributed by atoms with Gasteiger partial charge in [0.05, 0.1) is 16.4 Å². The SMILES string of the molecule is O=C(Nc1ccc(Cl)cc1Cl)c1nc(-c2cccc(Cl)c2)n(-c2ccc(F)cc2)n1. The minimum absolute atomic E-state index is 0.0969. The van der Waals surface area contributed by atoms with Crippen LogP contribution in [0.3, 0.4) is 0 Å². The van der Waals surface area contributed by atoms with Crippen LogP contribution in [0, 0.1) is 5.82 Å². The molecule has 0 atom stereocenters. The van der Waals surface area contributed by atoms with E-state index < -0.39 is 11.7 Å². The summed E-state index contributed by atoms with van der Waals surface area (Å²) in [7, 11) is 0. The van der Waals surface area contributed by atoms with Crippen molar-refractivity contribution in [1.82, 2.24) is 14.8 Å². The van der Waals surface area contributed by atoms with Crippen molar-refractivity contribution in [2.45, 2.75) is 0 Å². The highest BCUT2D eigenvalue weighted by atomic mass is 35.5. The van der Waals surface area contributed by atoms with Gasteiger partial charge in [0.25, 0.3) is 5.91 Å². The van der Waals surface area contributed by atoms with Crippen molar-refractivity contribution in [2.75, 3.05) is 5.32 Å². The van der Waals surface area contributed by atoms with E-state index in [-0.39, 0.29) is 10.8 Å². The van der Waals surface area contributed by atoms with Crippen molar-refractivity contribution in [3.05, 3.63) is 93.4 Å². The lowest BCUT2D eigenvalue weighted by atomic mass is 10.2. The molecule has 0 radical (unpaired) electrons. The van der Waals surface area contributed by atoms with Crippen molar-refractivity contribution in [1.29, 1.82) is 0 Å². The average Bonchev–Trinajstić information content (AvgIpc) is 3.16. The van der Waals surface area contributed by atoms with Gasteiger partial charge in [0.1, 0.15) is 5.82 Å². The van der Waals surface area contributed by atoms with E-state index in [9.17, 15) is 9.18 Å². The third kappa shape index (κ3) is 4.31.